The highest BCUT2D eigenvalue weighted by Crippen LogP contribution is 2.33. The lowest BCUT2D eigenvalue weighted by Gasteiger charge is -2.07. The monoisotopic (exact) mass is 300 g/mol. The second-order valence-corrected chi connectivity index (χ2v) is 6.55. The molecule has 4 heterocycles. The zero-order chi connectivity index (χ0) is 13.7. The second kappa shape index (κ2) is 4.36. The zero-order valence-corrected chi connectivity index (χ0v) is 12.8. The summed E-state index contributed by atoms with van der Waals surface area (Å²) in [6.07, 6.45) is 0. The fraction of sp³-hybridized carbons (Fsp3) is 0.214. The van der Waals surface area contributed by atoms with Crippen LogP contribution in [-0.4, -0.2) is 20.5 Å². The highest BCUT2D eigenvalue weighted by Gasteiger charge is 2.24. The molecule has 20 heavy (non-hydrogen) atoms. The number of nitrogens with zero attached hydrogens (tertiary/aromatic N) is 4. The minimum Gasteiger partial charge on any atom is -0.275 e. The van der Waals surface area contributed by atoms with Crippen LogP contribution in [0, 0.1) is 13.8 Å². The first-order valence-corrected chi connectivity index (χ1v) is 8.09. The molecule has 0 atom stereocenters. The van der Waals surface area contributed by atoms with Gasteiger partial charge < -0.3 is 0 Å². The summed E-state index contributed by atoms with van der Waals surface area (Å²) in [5.74, 6) is 1.84. The summed E-state index contributed by atoms with van der Waals surface area (Å²) in [6.45, 7) is 4.71. The molecule has 3 aromatic heterocycles. The van der Waals surface area contributed by atoms with Crippen LogP contribution >= 0.6 is 22.7 Å². The van der Waals surface area contributed by atoms with Crippen molar-refractivity contribution < 1.29 is 0 Å². The molecule has 4 rings (SSSR count). The first-order valence-electron chi connectivity index (χ1n) is 6.34. The largest absolute Gasteiger partial charge is 0.275 e. The molecule has 0 spiro atoms. The van der Waals surface area contributed by atoms with Gasteiger partial charge in [-0.15, -0.1) is 32.9 Å². The molecule has 1 aliphatic heterocycles. The van der Waals surface area contributed by atoms with Gasteiger partial charge in [0.25, 0.3) is 0 Å². The van der Waals surface area contributed by atoms with Gasteiger partial charge in [0.15, 0.2) is 5.82 Å². The minimum atomic E-state index is 0.578. The van der Waals surface area contributed by atoms with Crippen molar-refractivity contribution in [2.75, 3.05) is 0 Å². The first-order chi connectivity index (χ1) is 9.75. The summed E-state index contributed by atoms with van der Waals surface area (Å²) in [7, 11) is 0. The Kier molecular flexibility index (Phi) is 2.61. The van der Waals surface area contributed by atoms with Crippen LogP contribution in [0.1, 0.15) is 27.7 Å². The predicted molar refractivity (Wildman–Crippen MR) is 82.4 cm³/mol. The van der Waals surface area contributed by atoms with Crippen LogP contribution in [0.15, 0.2) is 27.9 Å². The molecule has 0 amide bonds. The second-order valence-electron chi connectivity index (χ2n) is 4.74. The molecule has 0 N–H and O–H groups in total. The van der Waals surface area contributed by atoms with E-state index in [1.54, 1.807) is 22.7 Å². The van der Waals surface area contributed by atoms with Crippen LogP contribution in [0.25, 0.3) is 5.00 Å². The van der Waals surface area contributed by atoms with Gasteiger partial charge in [0.2, 0.25) is 0 Å². The van der Waals surface area contributed by atoms with Crippen molar-refractivity contribution in [3.8, 4) is 5.00 Å². The number of fused-ring (bicyclic) bond motifs is 3. The maximum Gasteiger partial charge on any atom is 0.160 e. The molecule has 0 saturated carbocycles. The Morgan fingerprint density at radius 1 is 1.20 bits per heavy atom. The molecule has 4 nitrogen and oxygen atoms in total. The molecule has 0 saturated heterocycles. The van der Waals surface area contributed by atoms with Crippen LogP contribution in [-0.2, 0) is 6.54 Å². The van der Waals surface area contributed by atoms with E-state index in [0.717, 1.165) is 17.4 Å². The van der Waals surface area contributed by atoms with E-state index < -0.39 is 0 Å². The Morgan fingerprint density at radius 3 is 2.90 bits per heavy atom. The van der Waals surface area contributed by atoms with Crippen LogP contribution in [0.4, 0.5) is 0 Å². The zero-order valence-electron chi connectivity index (χ0n) is 11.1. The molecule has 100 valence electrons. The van der Waals surface area contributed by atoms with Gasteiger partial charge in [0, 0.05) is 5.56 Å². The van der Waals surface area contributed by atoms with Crippen molar-refractivity contribution in [3.63, 3.8) is 0 Å². The summed E-state index contributed by atoms with van der Waals surface area (Å²) in [5, 5.41) is 13.9. The van der Waals surface area contributed by atoms with Crippen molar-refractivity contribution in [2.45, 2.75) is 20.4 Å². The van der Waals surface area contributed by atoms with Gasteiger partial charge in [0.1, 0.15) is 17.4 Å². The van der Waals surface area contributed by atoms with Gasteiger partial charge >= 0.3 is 0 Å². The molecule has 0 bridgehead atoms. The van der Waals surface area contributed by atoms with Gasteiger partial charge in [-0.2, -0.15) is 0 Å². The lowest BCUT2D eigenvalue weighted by Crippen LogP contribution is -2.05. The standard InChI is InChI=1S/C14H12N4S2/c1-8-7-20-14-12(8)13(10-4-3-5-19-10)15-6-11-17-16-9(2)18(11)14/h3-5,7H,6H2,1-2H3. The number of aliphatic imine (C=N–C) groups is 1. The van der Waals surface area contributed by atoms with E-state index >= 15 is 0 Å². The summed E-state index contributed by atoms with van der Waals surface area (Å²) in [4.78, 5) is 6.02. The number of hydrogen-bond acceptors (Lipinski definition) is 5. The third kappa shape index (κ3) is 1.61. The Hall–Kier alpha value is -1.79. The number of rotatable bonds is 1. The Bertz CT molecular complexity index is 808. The smallest absolute Gasteiger partial charge is 0.160 e. The normalized spacial score (nSPS) is 13.6. The lowest BCUT2D eigenvalue weighted by atomic mass is 10.1. The van der Waals surface area contributed by atoms with E-state index in [9.17, 15) is 0 Å². The number of aromatic nitrogens is 3. The Labute approximate surface area is 124 Å². The molecule has 6 heteroatoms. The lowest BCUT2D eigenvalue weighted by molar-refractivity contribution is 0.869. The van der Waals surface area contributed by atoms with Crippen molar-refractivity contribution in [3.05, 3.63) is 50.5 Å². The predicted octanol–water partition coefficient (Wildman–Crippen LogP) is 3.36. The van der Waals surface area contributed by atoms with Crippen LogP contribution in [0.5, 0.6) is 0 Å². The summed E-state index contributed by atoms with van der Waals surface area (Å²) in [5.41, 5.74) is 3.57. The number of thiophene rings is 2. The maximum atomic E-state index is 4.81. The molecule has 3 aromatic rings. The highest BCUT2D eigenvalue weighted by atomic mass is 32.1. The van der Waals surface area contributed by atoms with E-state index in [0.29, 0.717) is 6.54 Å². The fourth-order valence-corrected chi connectivity index (χ4v) is 4.36. The summed E-state index contributed by atoms with van der Waals surface area (Å²) < 4.78 is 2.14. The van der Waals surface area contributed by atoms with Crippen molar-refractivity contribution in [2.24, 2.45) is 4.99 Å². The van der Waals surface area contributed by atoms with Gasteiger partial charge in [-0.05, 0) is 36.2 Å². The van der Waals surface area contributed by atoms with Crippen LogP contribution in [0.2, 0.25) is 0 Å². The average Bonchev–Trinajstić information content (AvgIpc) is 3.12. The number of hydrogen-bond donors (Lipinski definition) is 0. The SMILES string of the molecule is Cc1csc2c1C(c1cccs1)=NCc1nnc(C)n1-2. The van der Waals surface area contributed by atoms with Gasteiger partial charge in [0.05, 0.1) is 10.6 Å². The van der Waals surface area contributed by atoms with Crippen molar-refractivity contribution in [1.29, 1.82) is 0 Å². The van der Waals surface area contributed by atoms with Gasteiger partial charge in [-0.3, -0.25) is 9.56 Å². The van der Waals surface area contributed by atoms with Gasteiger partial charge in [-0.1, -0.05) is 6.07 Å². The van der Waals surface area contributed by atoms with E-state index in [1.807, 2.05) is 6.92 Å². The fourth-order valence-electron chi connectivity index (χ4n) is 2.50. The highest BCUT2D eigenvalue weighted by molar-refractivity contribution is 7.14. The molecule has 0 unspecified atom stereocenters. The van der Waals surface area contributed by atoms with E-state index in [-0.39, 0.29) is 0 Å². The third-order valence-corrected chi connectivity index (χ3v) is 5.38. The molecule has 0 radical (unpaired) electrons. The van der Waals surface area contributed by atoms with Crippen LogP contribution in [0.3, 0.4) is 0 Å². The van der Waals surface area contributed by atoms with E-state index in [2.05, 4.69) is 44.6 Å². The molecule has 0 aliphatic carbocycles. The quantitative estimate of drug-likeness (QED) is 0.691. The van der Waals surface area contributed by atoms with Crippen molar-refractivity contribution in [1.82, 2.24) is 14.8 Å². The van der Waals surface area contributed by atoms with Gasteiger partial charge in [-0.25, -0.2) is 0 Å². The number of aryl methyl sites for hydroxylation is 2. The maximum absolute atomic E-state index is 4.81. The molecule has 0 aromatic carbocycles. The Morgan fingerprint density at radius 2 is 2.10 bits per heavy atom. The topological polar surface area (TPSA) is 43.1 Å². The molecule has 1 aliphatic rings. The summed E-state index contributed by atoms with van der Waals surface area (Å²) >= 11 is 3.46. The van der Waals surface area contributed by atoms with Crippen LogP contribution < -0.4 is 0 Å². The minimum absolute atomic E-state index is 0.578. The van der Waals surface area contributed by atoms with E-state index in [1.165, 1.54) is 21.0 Å². The summed E-state index contributed by atoms with van der Waals surface area (Å²) in [6, 6.07) is 4.20. The molecular weight excluding hydrogens is 288 g/mol. The molecular formula is C14H12N4S2. The van der Waals surface area contributed by atoms with Crippen molar-refractivity contribution >= 4 is 28.4 Å². The average molecular weight is 300 g/mol. The van der Waals surface area contributed by atoms with E-state index in [4.69, 9.17) is 4.99 Å². The molecule has 0 fully saturated rings. The first kappa shape index (κ1) is 12.0. The third-order valence-electron chi connectivity index (χ3n) is 3.42. The Balaban J connectivity index is 2.03.